The summed E-state index contributed by atoms with van der Waals surface area (Å²) in [4.78, 5) is 0. The normalized spacial score (nSPS) is 10.2. The van der Waals surface area contributed by atoms with E-state index in [1.807, 2.05) is 133 Å². The van der Waals surface area contributed by atoms with Crippen molar-refractivity contribution in [3.8, 4) is 47.4 Å². The maximum absolute atomic E-state index is 3.37. The Labute approximate surface area is 319 Å². The van der Waals surface area contributed by atoms with Crippen molar-refractivity contribution in [1.82, 2.24) is 0 Å². The van der Waals surface area contributed by atoms with Crippen molar-refractivity contribution in [3.05, 3.63) is 249 Å². The molecule has 0 nitrogen and oxygen atoms in total. The van der Waals surface area contributed by atoms with Crippen molar-refractivity contribution in [3.63, 3.8) is 0 Å². The molecule has 0 bridgehead atoms. The van der Waals surface area contributed by atoms with Gasteiger partial charge < -0.3 is 0 Å². The van der Waals surface area contributed by atoms with E-state index < -0.39 is 0 Å². The van der Waals surface area contributed by atoms with Gasteiger partial charge in [-0.05, 0) is 107 Å². The predicted octanol–water partition coefficient (Wildman–Crippen LogP) is 11.6. The fourth-order valence-electron chi connectivity index (χ4n) is 5.53. The van der Waals surface area contributed by atoms with Crippen LogP contribution in [0.3, 0.4) is 0 Å². The maximum atomic E-state index is 3.37. The maximum Gasteiger partial charge on any atom is 0.0322 e. The van der Waals surface area contributed by atoms with E-state index in [0.29, 0.717) is 0 Å². The zero-order chi connectivity index (χ0) is 36.6. The van der Waals surface area contributed by atoms with Gasteiger partial charge in [0.1, 0.15) is 0 Å². The van der Waals surface area contributed by atoms with Gasteiger partial charge >= 0.3 is 0 Å². The zero-order valence-electron chi connectivity index (χ0n) is 29.6. The molecule has 0 fully saturated rings. The zero-order valence-corrected chi connectivity index (χ0v) is 29.6. The van der Waals surface area contributed by atoms with E-state index in [1.54, 1.807) is 0 Å². The topological polar surface area (TPSA) is 0 Å². The van der Waals surface area contributed by atoms with Crippen LogP contribution in [-0.2, 0) is 0 Å². The molecule has 0 aromatic heterocycles. The van der Waals surface area contributed by atoms with Gasteiger partial charge in [0.05, 0.1) is 0 Å². The van der Waals surface area contributed by atoms with E-state index in [4.69, 9.17) is 0 Å². The molecule has 54 heavy (non-hydrogen) atoms. The van der Waals surface area contributed by atoms with Crippen molar-refractivity contribution in [2.75, 3.05) is 0 Å². The smallest absolute Gasteiger partial charge is 0.0322 e. The standard InChI is InChI=1S/C54H34/c1-5-13-43(14-6-1)25-27-49-33-37-51(35-29-45-17-9-3-10-18-45)53(41-49)39-31-47-21-23-48(24-22-47)32-40-54-42-50(28-26-44-15-7-2-8-16-44)34-38-52(54)36-30-46-19-11-4-12-20-46/h1-24,31-34,37-42H/b39-31+,40-32+. The van der Waals surface area contributed by atoms with Crippen molar-refractivity contribution in [1.29, 1.82) is 0 Å². The molecular weight excluding hydrogens is 649 g/mol. The van der Waals surface area contributed by atoms with E-state index in [1.165, 1.54) is 0 Å². The fourth-order valence-corrected chi connectivity index (χ4v) is 5.53. The summed E-state index contributed by atoms with van der Waals surface area (Å²) < 4.78 is 0. The van der Waals surface area contributed by atoms with Crippen LogP contribution in [0.2, 0.25) is 0 Å². The van der Waals surface area contributed by atoms with Crippen LogP contribution < -0.4 is 0 Å². The van der Waals surface area contributed by atoms with Gasteiger partial charge in [-0.2, -0.15) is 0 Å². The Kier molecular flexibility index (Phi) is 11.5. The first-order chi connectivity index (χ1) is 26.7. The Balaban J connectivity index is 1.14. The summed E-state index contributed by atoms with van der Waals surface area (Å²) in [7, 11) is 0. The van der Waals surface area contributed by atoms with Crippen LogP contribution in [0.1, 0.15) is 66.8 Å². The first-order valence-electron chi connectivity index (χ1n) is 17.8. The van der Waals surface area contributed by atoms with Gasteiger partial charge in [-0.15, -0.1) is 0 Å². The number of benzene rings is 7. The largest absolute Gasteiger partial charge is 0.0622 e. The molecule has 0 aliphatic heterocycles. The van der Waals surface area contributed by atoms with Gasteiger partial charge in [-0.3, -0.25) is 0 Å². The minimum Gasteiger partial charge on any atom is -0.0622 e. The minimum absolute atomic E-state index is 0.937. The fraction of sp³-hybridized carbons (Fsp3) is 0. The van der Waals surface area contributed by atoms with E-state index in [0.717, 1.165) is 66.8 Å². The molecule has 0 radical (unpaired) electrons. The third-order valence-corrected chi connectivity index (χ3v) is 8.43. The second kappa shape index (κ2) is 18.0. The van der Waals surface area contributed by atoms with Gasteiger partial charge in [-0.1, -0.05) is 169 Å². The summed E-state index contributed by atoms with van der Waals surface area (Å²) in [6, 6.07) is 61.1. The molecule has 7 rings (SSSR count). The number of hydrogen-bond acceptors (Lipinski definition) is 0. The average Bonchev–Trinajstić information content (AvgIpc) is 3.24. The molecule has 0 heteroatoms. The minimum atomic E-state index is 0.937. The first-order valence-corrected chi connectivity index (χ1v) is 17.8. The second-order valence-electron chi connectivity index (χ2n) is 12.4. The van der Waals surface area contributed by atoms with Gasteiger partial charge in [0.2, 0.25) is 0 Å². The number of rotatable bonds is 4. The summed E-state index contributed by atoms with van der Waals surface area (Å²) in [5, 5.41) is 0. The molecule has 0 saturated heterocycles. The summed E-state index contributed by atoms with van der Waals surface area (Å²) in [6.07, 6.45) is 8.48. The van der Waals surface area contributed by atoms with Crippen LogP contribution in [0.5, 0.6) is 0 Å². The number of hydrogen-bond donors (Lipinski definition) is 0. The Morgan fingerprint density at radius 3 is 0.870 bits per heavy atom. The lowest BCUT2D eigenvalue weighted by atomic mass is 10.0. The monoisotopic (exact) mass is 682 g/mol. The molecule has 0 atom stereocenters. The molecule has 0 spiro atoms. The van der Waals surface area contributed by atoms with Gasteiger partial charge in [0.15, 0.2) is 0 Å². The Bertz CT molecular complexity index is 2480. The first kappa shape index (κ1) is 34.7. The molecule has 0 aliphatic carbocycles. The van der Waals surface area contributed by atoms with Crippen LogP contribution in [0.4, 0.5) is 0 Å². The van der Waals surface area contributed by atoms with Gasteiger partial charge in [0, 0.05) is 44.5 Å². The highest BCUT2D eigenvalue weighted by Gasteiger charge is 2.02. The highest BCUT2D eigenvalue weighted by molar-refractivity contribution is 5.77. The SMILES string of the molecule is C(#Cc1ccc(C#Cc2ccccc2)c(/C=C/c2ccc(/C=C/c3cc(C#Cc4ccccc4)ccc3C#Cc3ccccc3)cc2)c1)c1ccccc1. The molecule has 0 aliphatic rings. The summed E-state index contributed by atoms with van der Waals surface area (Å²) >= 11 is 0. The van der Waals surface area contributed by atoms with Gasteiger partial charge in [0.25, 0.3) is 0 Å². The van der Waals surface area contributed by atoms with E-state index in [2.05, 4.69) is 120 Å². The third-order valence-electron chi connectivity index (χ3n) is 8.43. The van der Waals surface area contributed by atoms with E-state index in [-0.39, 0.29) is 0 Å². The lowest BCUT2D eigenvalue weighted by Crippen LogP contribution is -1.86. The molecule has 0 N–H and O–H groups in total. The Morgan fingerprint density at radius 2 is 0.537 bits per heavy atom. The highest BCUT2D eigenvalue weighted by atomic mass is 14.0. The lowest BCUT2D eigenvalue weighted by molar-refractivity contribution is 1.55. The van der Waals surface area contributed by atoms with Crippen molar-refractivity contribution >= 4 is 24.3 Å². The molecule has 0 amide bonds. The Morgan fingerprint density at radius 1 is 0.241 bits per heavy atom. The third kappa shape index (κ3) is 10.2. The molecule has 0 unspecified atom stereocenters. The van der Waals surface area contributed by atoms with Crippen molar-refractivity contribution in [2.45, 2.75) is 0 Å². The van der Waals surface area contributed by atoms with Crippen LogP contribution >= 0.6 is 0 Å². The molecule has 7 aromatic carbocycles. The van der Waals surface area contributed by atoms with Crippen LogP contribution in [0.15, 0.2) is 182 Å². The highest BCUT2D eigenvalue weighted by Crippen LogP contribution is 2.19. The molecule has 7 aromatic rings. The summed E-state index contributed by atoms with van der Waals surface area (Å²) in [5.41, 5.74) is 11.9. The molecular formula is C54H34. The van der Waals surface area contributed by atoms with E-state index in [9.17, 15) is 0 Å². The summed E-state index contributed by atoms with van der Waals surface area (Å²) in [6.45, 7) is 0. The van der Waals surface area contributed by atoms with Crippen LogP contribution in [-0.4, -0.2) is 0 Å². The molecule has 0 heterocycles. The van der Waals surface area contributed by atoms with Crippen molar-refractivity contribution in [2.24, 2.45) is 0 Å². The molecule has 0 saturated carbocycles. The average molecular weight is 683 g/mol. The Hall–Kier alpha value is -7.74. The second-order valence-corrected chi connectivity index (χ2v) is 12.4. The van der Waals surface area contributed by atoms with Gasteiger partial charge in [-0.25, -0.2) is 0 Å². The molecule has 250 valence electrons. The van der Waals surface area contributed by atoms with Crippen molar-refractivity contribution < 1.29 is 0 Å². The van der Waals surface area contributed by atoms with E-state index >= 15 is 0 Å². The predicted molar refractivity (Wildman–Crippen MR) is 227 cm³/mol. The van der Waals surface area contributed by atoms with Crippen LogP contribution in [0, 0.1) is 47.4 Å². The lowest BCUT2D eigenvalue weighted by Gasteiger charge is -2.03. The van der Waals surface area contributed by atoms with Crippen LogP contribution in [0.25, 0.3) is 24.3 Å². The quantitative estimate of drug-likeness (QED) is 0.128. The summed E-state index contributed by atoms with van der Waals surface area (Å²) in [5.74, 6) is 26.5.